The number of hydrogen-bond donors (Lipinski definition) is 0. The van der Waals surface area contributed by atoms with Gasteiger partial charge in [-0.3, -0.25) is 0 Å². The lowest BCUT2D eigenvalue weighted by Crippen LogP contribution is -2.09. The fourth-order valence-electron chi connectivity index (χ4n) is 3.31. The molecule has 5 heteroatoms. The first-order chi connectivity index (χ1) is 12.1. The Bertz CT molecular complexity index is 289. The molecule has 1 rings (SSSR count). The van der Waals surface area contributed by atoms with Crippen LogP contribution in [0.2, 0.25) is 0 Å². The Kier molecular flexibility index (Phi) is 13.5. The van der Waals surface area contributed by atoms with E-state index in [2.05, 4.69) is 0 Å². The Labute approximate surface area is 151 Å². The molecular weight excluding hydrogens is 329 g/mol. The van der Waals surface area contributed by atoms with Crippen molar-refractivity contribution in [2.24, 2.45) is 0 Å². The van der Waals surface area contributed by atoms with Gasteiger partial charge >= 0.3 is 6.18 Å². The van der Waals surface area contributed by atoms with Gasteiger partial charge in [-0.25, -0.2) is 0 Å². The van der Waals surface area contributed by atoms with Gasteiger partial charge in [0.25, 0.3) is 0 Å². The molecule has 0 aromatic rings. The van der Waals surface area contributed by atoms with Gasteiger partial charge in [0.05, 0.1) is 6.10 Å². The third-order valence-corrected chi connectivity index (χ3v) is 4.86. The Balaban J connectivity index is 1.66. The van der Waals surface area contributed by atoms with Gasteiger partial charge in [-0.2, -0.15) is 13.2 Å². The minimum atomic E-state index is -3.98. The lowest BCUT2D eigenvalue weighted by Gasteiger charge is -2.09. The van der Waals surface area contributed by atoms with Crippen LogP contribution >= 0.6 is 0 Å². The van der Waals surface area contributed by atoms with E-state index >= 15 is 0 Å². The summed E-state index contributed by atoms with van der Waals surface area (Å²) in [5, 5.41) is 0. The molecule has 1 heterocycles. The monoisotopic (exact) mass is 366 g/mol. The Morgan fingerprint density at radius 2 is 1.32 bits per heavy atom. The van der Waals surface area contributed by atoms with Crippen LogP contribution in [0, 0.1) is 0 Å². The van der Waals surface area contributed by atoms with Crippen molar-refractivity contribution in [3.05, 3.63) is 0 Å². The maximum atomic E-state index is 12.0. The van der Waals surface area contributed by atoms with E-state index in [1.54, 1.807) is 0 Å². The second kappa shape index (κ2) is 14.8. The number of rotatable bonds is 16. The van der Waals surface area contributed by atoms with Crippen molar-refractivity contribution in [1.82, 2.24) is 0 Å². The van der Waals surface area contributed by atoms with Gasteiger partial charge in [0.15, 0.2) is 0 Å². The van der Waals surface area contributed by atoms with Crippen molar-refractivity contribution < 1.29 is 22.6 Å². The lowest BCUT2D eigenvalue weighted by molar-refractivity contribution is -0.135. The molecule has 1 aliphatic heterocycles. The van der Waals surface area contributed by atoms with Crippen molar-refractivity contribution >= 4 is 0 Å². The van der Waals surface area contributed by atoms with Gasteiger partial charge in [0.2, 0.25) is 0 Å². The minimum Gasteiger partial charge on any atom is -0.381 e. The van der Waals surface area contributed by atoms with E-state index in [-0.39, 0.29) is 0 Å². The number of alkyl halides is 3. The number of ether oxygens (including phenoxy) is 2. The van der Waals surface area contributed by atoms with Crippen LogP contribution in [0.4, 0.5) is 13.2 Å². The predicted molar refractivity (Wildman–Crippen MR) is 95.9 cm³/mol. The van der Waals surface area contributed by atoms with E-state index in [1.807, 2.05) is 0 Å². The molecule has 1 fully saturated rings. The summed E-state index contributed by atoms with van der Waals surface area (Å²) >= 11 is 0. The van der Waals surface area contributed by atoms with Crippen LogP contribution in [0.1, 0.15) is 96.3 Å². The molecule has 0 amide bonds. The van der Waals surface area contributed by atoms with Gasteiger partial charge in [-0.1, -0.05) is 57.8 Å². The molecule has 0 aromatic heterocycles. The van der Waals surface area contributed by atoms with E-state index < -0.39 is 12.6 Å². The highest BCUT2D eigenvalue weighted by Gasteiger charge is 2.25. The quantitative estimate of drug-likeness (QED) is 0.279. The average Bonchev–Trinajstić information content (AvgIpc) is 3.07. The molecule has 1 unspecified atom stereocenters. The Morgan fingerprint density at radius 1 is 0.760 bits per heavy atom. The summed E-state index contributed by atoms with van der Waals surface area (Å²) in [5.74, 6) is 0. The maximum Gasteiger partial charge on any atom is 0.389 e. The smallest absolute Gasteiger partial charge is 0.381 e. The summed E-state index contributed by atoms with van der Waals surface area (Å²) in [6.45, 7) is 2.61. The highest BCUT2D eigenvalue weighted by molar-refractivity contribution is 4.63. The van der Waals surface area contributed by atoms with E-state index in [0.717, 1.165) is 45.5 Å². The summed E-state index contributed by atoms with van der Waals surface area (Å²) in [4.78, 5) is 0. The molecule has 0 radical (unpaired) electrons. The largest absolute Gasteiger partial charge is 0.389 e. The molecule has 0 spiro atoms. The minimum absolute atomic E-state index is 0.291. The van der Waals surface area contributed by atoms with E-state index in [1.165, 1.54) is 51.4 Å². The van der Waals surface area contributed by atoms with Crippen LogP contribution in [-0.4, -0.2) is 32.1 Å². The predicted octanol–water partition coefficient (Wildman–Crippen LogP) is 6.82. The van der Waals surface area contributed by atoms with E-state index in [9.17, 15) is 13.2 Å². The Morgan fingerprint density at radius 3 is 1.84 bits per heavy atom. The third-order valence-electron chi connectivity index (χ3n) is 4.86. The fourth-order valence-corrected chi connectivity index (χ4v) is 3.31. The lowest BCUT2D eigenvalue weighted by atomic mass is 10.1. The zero-order valence-electron chi connectivity index (χ0n) is 15.8. The summed E-state index contributed by atoms with van der Waals surface area (Å²) < 4.78 is 47.1. The van der Waals surface area contributed by atoms with Crippen LogP contribution in [0.15, 0.2) is 0 Å². The van der Waals surface area contributed by atoms with Crippen molar-refractivity contribution in [1.29, 1.82) is 0 Å². The van der Waals surface area contributed by atoms with Crippen molar-refractivity contribution in [2.45, 2.75) is 109 Å². The SMILES string of the molecule is FC(F)(F)CCCCCCCCCCCCCOCCC1CCCO1. The fraction of sp³-hybridized carbons (Fsp3) is 1.00. The Hall–Kier alpha value is -0.290. The molecule has 150 valence electrons. The number of halogens is 3. The highest BCUT2D eigenvalue weighted by Crippen LogP contribution is 2.23. The van der Waals surface area contributed by atoms with E-state index in [0.29, 0.717) is 18.9 Å². The summed E-state index contributed by atoms with van der Waals surface area (Å²) in [7, 11) is 0. The summed E-state index contributed by atoms with van der Waals surface area (Å²) in [6, 6.07) is 0. The molecule has 2 nitrogen and oxygen atoms in total. The molecule has 0 bridgehead atoms. The van der Waals surface area contributed by atoms with Gasteiger partial charge < -0.3 is 9.47 Å². The first-order valence-electron chi connectivity index (χ1n) is 10.3. The zero-order valence-corrected chi connectivity index (χ0v) is 15.8. The normalized spacial score (nSPS) is 18.1. The first kappa shape index (κ1) is 22.8. The molecule has 0 saturated carbocycles. The molecule has 1 atom stereocenters. The van der Waals surface area contributed by atoms with Crippen LogP contribution in [-0.2, 0) is 9.47 Å². The maximum absolute atomic E-state index is 12.0. The number of unbranched alkanes of at least 4 members (excludes halogenated alkanes) is 10. The average molecular weight is 367 g/mol. The zero-order chi connectivity index (χ0) is 18.2. The number of hydrogen-bond acceptors (Lipinski definition) is 2. The van der Waals surface area contributed by atoms with Gasteiger partial charge in [0.1, 0.15) is 0 Å². The van der Waals surface area contributed by atoms with Gasteiger partial charge in [0, 0.05) is 26.2 Å². The second-order valence-electron chi connectivity index (χ2n) is 7.29. The van der Waals surface area contributed by atoms with Crippen LogP contribution in [0.5, 0.6) is 0 Å². The third kappa shape index (κ3) is 15.7. The molecular formula is C20H37F3O2. The summed E-state index contributed by atoms with van der Waals surface area (Å²) in [5.41, 5.74) is 0. The van der Waals surface area contributed by atoms with Crippen LogP contribution < -0.4 is 0 Å². The molecule has 0 N–H and O–H groups in total. The van der Waals surface area contributed by atoms with E-state index in [4.69, 9.17) is 9.47 Å². The molecule has 1 saturated heterocycles. The van der Waals surface area contributed by atoms with Crippen molar-refractivity contribution in [3.63, 3.8) is 0 Å². The van der Waals surface area contributed by atoms with Crippen LogP contribution in [0.25, 0.3) is 0 Å². The highest BCUT2D eigenvalue weighted by atomic mass is 19.4. The first-order valence-corrected chi connectivity index (χ1v) is 10.3. The van der Waals surface area contributed by atoms with Crippen molar-refractivity contribution in [2.75, 3.05) is 19.8 Å². The molecule has 0 aliphatic carbocycles. The molecule has 25 heavy (non-hydrogen) atoms. The topological polar surface area (TPSA) is 18.5 Å². The standard InChI is InChI=1S/C20H37F3O2/c21-20(22,23)15-10-8-6-4-2-1-3-5-7-9-11-16-24-18-14-19-13-12-17-25-19/h19H,1-18H2. The molecule has 1 aliphatic rings. The second-order valence-corrected chi connectivity index (χ2v) is 7.29. The van der Waals surface area contributed by atoms with Crippen molar-refractivity contribution in [3.8, 4) is 0 Å². The van der Waals surface area contributed by atoms with Gasteiger partial charge in [-0.05, 0) is 32.1 Å². The van der Waals surface area contributed by atoms with Crippen LogP contribution in [0.3, 0.4) is 0 Å². The van der Waals surface area contributed by atoms with Gasteiger partial charge in [-0.15, -0.1) is 0 Å². The molecule has 0 aromatic carbocycles. The summed E-state index contributed by atoms with van der Waals surface area (Å²) in [6.07, 6.45) is 10.8.